The van der Waals surface area contributed by atoms with Crippen LogP contribution in [0.1, 0.15) is 10.4 Å². The van der Waals surface area contributed by atoms with E-state index in [1.54, 1.807) is 22.7 Å². The lowest BCUT2D eigenvalue weighted by Crippen LogP contribution is -2.00. The Bertz CT molecular complexity index is 742. The van der Waals surface area contributed by atoms with Crippen LogP contribution in [0.25, 0.3) is 10.7 Å². The second kappa shape index (κ2) is 6.06. The number of thiophene rings is 2. The monoisotopic (exact) mass is 299 g/mol. The molecule has 0 aliphatic carbocycles. The molecular formula is C15H13N3S2. The second-order valence-electron chi connectivity index (χ2n) is 4.12. The van der Waals surface area contributed by atoms with Crippen molar-refractivity contribution in [1.29, 1.82) is 0 Å². The summed E-state index contributed by atoms with van der Waals surface area (Å²) in [4.78, 5) is 6.87. The lowest BCUT2D eigenvalue weighted by Gasteiger charge is -2.05. The Balaban J connectivity index is 1.90. The van der Waals surface area contributed by atoms with Gasteiger partial charge in [-0.2, -0.15) is 0 Å². The lowest BCUT2D eigenvalue weighted by molar-refractivity contribution is 0.820. The van der Waals surface area contributed by atoms with Gasteiger partial charge in [-0.3, -0.25) is 0 Å². The maximum absolute atomic E-state index is 5.44. The number of hydrogen-bond donors (Lipinski definition) is 1. The Hall–Kier alpha value is -1.87. The summed E-state index contributed by atoms with van der Waals surface area (Å²) in [5, 5.41) is 4.13. The summed E-state index contributed by atoms with van der Waals surface area (Å²) in [7, 11) is 0. The molecule has 0 saturated carbocycles. The smallest absolute Gasteiger partial charge is 0.150 e. The van der Waals surface area contributed by atoms with Crippen molar-refractivity contribution < 1.29 is 0 Å². The van der Waals surface area contributed by atoms with E-state index in [4.69, 9.17) is 5.73 Å². The summed E-state index contributed by atoms with van der Waals surface area (Å²) in [5.74, 6) is 7.04. The fourth-order valence-electron chi connectivity index (χ4n) is 1.94. The maximum atomic E-state index is 5.44. The van der Waals surface area contributed by atoms with E-state index in [0.29, 0.717) is 6.54 Å². The summed E-state index contributed by atoms with van der Waals surface area (Å²) >= 11 is 3.42. The molecule has 0 aliphatic rings. The minimum absolute atomic E-state index is 0.390. The Labute approximate surface area is 125 Å². The van der Waals surface area contributed by atoms with Crippen molar-refractivity contribution in [2.45, 2.75) is 6.54 Å². The average Bonchev–Trinajstić information content (AvgIpc) is 3.18. The molecular weight excluding hydrogens is 286 g/mol. The number of aromatic nitrogens is 2. The van der Waals surface area contributed by atoms with Crippen molar-refractivity contribution in [3.63, 3.8) is 0 Å². The fraction of sp³-hybridized carbons (Fsp3) is 0.133. The topological polar surface area (TPSA) is 43.8 Å². The Morgan fingerprint density at radius 3 is 3.00 bits per heavy atom. The van der Waals surface area contributed by atoms with Gasteiger partial charge in [0.25, 0.3) is 0 Å². The number of nitrogens with two attached hydrogens (primary N) is 1. The molecule has 100 valence electrons. The van der Waals surface area contributed by atoms with E-state index in [1.165, 1.54) is 9.75 Å². The zero-order valence-corrected chi connectivity index (χ0v) is 12.4. The molecule has 3 aromatic heterocycles. The number of hydrogen-bond acceptors (Lipinski definition) is 4. The van der Waals surface area contributed by atoms with Crippen LogP contribution < -0.4 is 5.73 Å². The van der Waals surface area contributed by atoms with E-state index in [2.05, 4.69) is 38.2 Å². The predicted molar refractivity (Wildman–Crippen MR) is 84.9 cm³/mol. The van der Waals surface area contributed by atoms with Crippen molar-refractivity contribution in [3.8, 4) is 22.5 Å². The zero-order valence-electron chi connectivity index (χ0n) is 10.7. The highest BCUT2D eigenvalue weighted by atomic mass is 32.1. The normalized spacial score (nSPS) is 10.2. The van der Waals surface area contributed by atoms with Crippen LogP contribution in [-0.4, -0.2) is 16.1 Å². The van der Waals surface area contributed by atoms with Gasteiger partial charge < -0.3 is 10.3 Å². The van der Waals surface area contributed by atoms with Crippen LogP contribution in [0, 0.1) is 11.8 Å². The molecule has 2 N–H and O–H groups in total. The molecule has 0 spiro atoms. The van der Waals surface area contributed by atoms with Gasteiger partial charge in [0.1, 0.15) is 5.82 Å². The van der Waals surface area contributed by atoms with Crippen molar-refractivity contribution in [1.82, 2.24) is 9.55 Å². The van der Waals surface area contributed by atoms with Gasteiger partial charge in [0.2, 0.25) is 0 Å². The molecule has 0 fully saturated rings. The summed E-state index contributed by atoms with van der Waals surface area (Å²) in [6.07, 6.45) is 3.85. The molecule has 0 unspecified atom stereocenters. The van der Waals surface area contributed by atoms with Crippen LogP contribution in [0.4, 0.5) is 0 Å². The Kier molecular flexibility index (Phi) is 3.97. The quantitative estimate of drug-likeness (QED) is 0.756. The summed E-state index contributed by atoms with van der Waals surface area (Å²) in [5.41, 5.74) is 6.50. The van der Waals surface area contributed by atoms with Gasteiger partial charge >= 0.3 is 0 Å². The van der Waals surface area contributed by atoms with Gasteiger partial charge in [0.05, 0.1) is 18.0 Å². The SMILES string of the molecule is NCC#Cc1ccsc1Cn1ccnc1-c1cccs1. The van der Waals surface area contributed by atoms with Crippen molar-refractivity contribution in [3.05, 3.63) is 51.8 Å². The molecule has 20 heavy (non-hydrogen) atoms. The minimum atomic E-state index is 0.390. The van der Waals surface area contributed by atoms with Crippen LogP contribution in [0.5, 0.6) is 0 Å². The minimum Gasteiger partial charge on any atom is -0.325 e. The highest BCUT2D eigenvalue weighted by Gasteiger charge is 2.09. The lowest BCUT2D eigenvalue weighted by atomic mass is 10.2. The third-order valence-corrected chi connectivity index (χ3v) is 4.61. The molecule has 0 aliphatic heterocycles. The van der Waals surface area contributed by atoms with E-state index >= 15 is 0 Å². The molecule has 3 nitrogen and oxygen atoms in total. The molecule has 3 heterocycles. The first-order valence-corrected chi connectivity index (χ1v) is 7.94. The van der Waals surface area contributed by atoms with Crippen LogP contribution in [0.15, 0.2) is 41.4 Å². The Morgan fingerprint density at radius 2 is 2.20 bits per heavy atom. The summed E-state index contributed by atoms with van der Waals surface area (Å²) in [6.45, 7) is 1.18. The Morgan fingerprint density at radius 1 is 1.25 bits per heavy atom. The van der Waals surface area contributed by atoms with Crippen molar-refractivity contribution in [2.24, 2.45) is 5.73 Å². The van der Waals surface area contributed by atoms with Crippen molar-refractivity contribution >= 4 is 22.7 Å². The van der Waals surface area contributed by atoms with E-state index in [-0.39, 0.29) is 0 Å². The number of rotatable bonds is 3. The van der Waals surface area contributed by atoms with Crippen LogP contribution in [-0.2, 0) is 6.54 Å². The van der Waals surface area contributed by atoms with Gasteiger partial charge in [-0.25, -0.2) is 4.98 Å². The van der Waals surface area contributed by atoms with Gasteiger partial charge in [-0.15, -0.1) is 22.7 Å². The largest absolute Gasteiger partial charge is 0.325 e. The van der Waals surface area contributed by atoms with Gasteiger partial charge in [0, 0.05) is 22.8 Å². The fourth-order valence-corrected chi connectivity index (χ4v) is 3.51. The number of nitrogens with zero attached hydrogens (tertiary/aromatic N) is 2. The predicted octanol–water partition coefficient (Wildman–Crippen LogP) is 3.03. The molecule has 0 radical (unpaired) electrons. The molecule has 3 rings (SSSR count). The van der Waals surface area contributed by atoms with E-state index in [0.717, 1.165) is 17.9 Å². The van der Waals surface area contributed by atoms with Crippen LogP contribution in [0.2, 0.25) is 0 Å². The third kappa shape index (κ3) is 2.68. The first-order chi connectivity index (χ1) is 9.88. The molecule has 3 aromatic rings. The standard InChI is InChI=1S/C15H13N3S2/c16-6-1-3-12-5-10-20-14(12)11-18-8-7-17-15(18)13-4-2-9-19-13/h2,4-5,7-10H,6,11,16H2. The first kappa shape index (κ1) is 13.1. The van der Waals surface area contributed by atoms with Gasteiger partial charge in [0.15, 0.2) is 0 Å². The molecule has 0 bridgehead atoms. The maximum Gasteiger partial charge on any atom is 0.150 e. The highest BCUT2D eigenvalue weighted by Crippen LogP contribution is 2.25. The van der Waals surface area contributed by atoms with Gasteiger partial charge in [-0.05, 0) is 22.9 Å². The number of imidazole rings is 1. The van der Waals surface area contributed by atoms with Crippen LogP contribution >= 0.6 is 22.7 Å². The zero-order chi connectivity index (χ0) is 13.8. The van der Waals surface area contributed by atoms with Crippen LogP contribution in [0.3, 0.4) is 0 Å². The molecule has 0 atom stereocenters. The third-order valence-electron chi connectivity index (χ3n) is 2.84. The summed E-state index contributed by atoms with van der Waals surface area (Å²) in [6, 6.07) is 6.18. The molecule has 0 amide bonds. The van der Waals surface area contributed by atoms with E-state index in [9.17, 15) is 0 Å². The molecule has 0 aromatic carbocycles. The van der Waals surface area contributed by atoms with Crippen molar-refractivity contribution in [2.75, 3.05) is 6.54 Å². The second-order valence-corrected chi connectivity index (χ2v) is 6.07. The van der Waals surface area contributed by atoms with E-state index < -0.39 is 0 Å². The first-order valence-electron chi connectivity index (χ1n) is 6.19. The highest BCUT2D eigenvalue weighted by molar-refractivity contribution is 7.13. The molecule has 5 heteroatoms. The van der Waals surface area contributed by atoms with Gasteiger partial charge in [-0.1, -0.05) is 17.9 Å². The van der Waals surface area contributed by atoms with E-state index in [1.807, 2.05) is 24.5 Å². The molecule has 0 saturated heterocycles. The average molecular weight is 299 g/mol. The summed E-state index contributed by atoms with van der Waals surface area (Å²) < 4.78 is 2.16.